The second kappa shape index (κ2) is 5.77. The minimum absolute atomic E-state index is 0.0296. The number of ketones is 1. The molecule has 0 amide bonds. The van der Waals surface area contributed by atoms with Gasteiger partial charge in [-0.05, 0) is 31.4 Å². The van der Waals surface area contributed by atoms with Gasteiger partial charge in [0.2, 0.25) is 0 Å². The van der Waals surface area contributed by atoms with E-state index in [2.05, 4.69) is 0 Å². The number of nitrogens with zero attached hydrogens (tertiary/aromatic N) is 2. The Labute approximate surface area is 125 Å². The number of Topliss-reactive ketones (excluding diaryl/α,β-unsaturated/α-hetero) is 1. The van der Waals surface area contributed by atoms with Crippen LogP contribution in [0.5, 0.6) is 0 Å². The highest BCUT2D eigenvalue weighted by atomic mass is 32.2. The van der Waals surface area contributed by atoms with Crippen molar-refractivity contribution >= 4 is 21.7 Å². The van der Waals surface area contributed by atoms with E-state index in [1.165, 1.54) is 4.31 Å². The first-order valence-corrected chi connectivity index (χ1v) is 8.90. The maximum Gasteiger partial charge on any atom is 0.304 e. The average molecular weight is 308 g/mol. The summed E-state index contributed by atoms with van der Waals surface area (Å²) in [5.41, 5.74) is 1.06. The van der Waals surface area contributed by atoms with E-state index in [1.54, 1.807) is 28.6 Å². The molecule has 6 heteroatoms. The minimum Gasteiger partial charge on any atom is -0.294 e. The monoisotopic (exact) mass is 308 g/mol. The van der Waals surface area contributed by atoms with Crippen molar-refractivity contribution in [1.82, 2.24) is 4.31 Å². The molecule has 3 rings (SSSR count). The van der Waals surface area contributed by atoms with Crippen LogP contribution in [-0.4, -0.2) is 38.1 Å². The van der Waals surface area contributed by atoms with E-state index in [1.807, 2.05) is 0 Å². The number of benzene rings is 1. The first kappa shape index (κ1) is 14.5. The fraction of sp³-hybridized carbons (Fsp3) is 0.533. The molecular weight excluding hydrogens is 288 g/mol. The molecule has 21 heavy (non-hydrogen) atoms. The Kier molecular flexibility index (Phi) is 3.99. The number of anilines is 1. The lowest BCUT2D eigenvalue weighted by molar-refractivity contribution is 0.0984. The summed E-state index contributed by atoms with van der Waals surface area (Å²) >= 11 is 0. The molecule has 114 valence electrons. The largest absolute Gasteiger partial charge is 0.304 e. The Hall–Kier alpha value is -1.40. The number of hydrogen-bond acceptors (Lipinski definition) is 3. The van der Waals surface area contributed by atoms with Gasteiger partial charge in [0.25, 0.3) is 0 Å². The maximum atomic E-state index is 12.9. The Bertz CT molecular complexity index is 636. The number of piperidine rings is 1. The molecule has 1 aromatic rings. The summed E-state index contributed by atoms with van der Waals surface area (Å²) in [4.78, 5) is 12.1. The molecular formula is C15H20N2O3S. The number of hydrogen-bond donors (Lipinski definition) is 0. The zero-order valence-electron chi connectivity index (χ0n) is 12.0. The maximum absolute atomic E-state index is 12.9. The number of carbonyl (C=O) groups excluding carboxylic acids is 1. The SMILES string of the molecule is O=C1CCCN(S(=O)(=O)N2CCCCC2)c2ccccc21. The van der Waals surface area contributed by atoms with E-state index in [0.29, 0.717) is 43.7 Å². The van der Waals surface area contributed by atoms with Crippen LogP contribution in [0.4, 0.5) is 5.69 Å². The van der Waals surface area contributed by atoms with E-state index in [-0.39, 0.29) is 5.78 Å². The predicted octanol–water partition coefficient (Wildman–Crippen LogP) is 2.20. The summed E-state index contributed by atoms with van der Waals surface area (Å²) in [6.07, 6.45) is 3.88. The molecule has 0 bridgehead atoms. The normalized spacial score (nSPS) is 21.0. The quantitative estimate of drug-likeness (QED) is 0.841. The van der Waals surface area contributed by atoms with Gasteiger partial charge >= 0.3 is 10.2 Å². The molecule has 0 spiro atoms. The highest BCUT2D eigenvalue weighted by Crippen LogP contribution is 2.30. The van der Waals surface area contributed by atoms with Gasteiger partial charge in [0, 0.05) is 31.6 Å². The first-order valence-electron chi connectivity index (χ1n) is 7.51. The molecule has 0 unspecified atom stereocenters. The Morgan fingerprint density at radius 1 is 0.905 bits per heavy atom. The molecule has 0 N–H and O–H groups in total. The van der Waals surface area contributed by atoms with Crippen molar-refractivity contribution in [1.29, 1.82) is 0 Å². The molecule has 2 heterocycles. The van der Waals surface area contributed by atoms with Crippen LogP contribution in [0.3, 0.4) is 0 Å². The van der Waals surface area contributed by atoms with Gasteiger partial charge in [0.05, 0.1) is 5.69 Å². The van der Waals surface area contributed by atoms with Crippen LogP contribution in [0.15, 0.2) is 24.3 Å². The fourth-order valence-electron chi connectivity index (χ4n) is 3.04. The summed E-state index contributed by atoms with van der Waals surface area (Å²) < 4.78 is 28.8. The topological polar surface area (TPSA) is 57.7 Å². The van der Waals surface area contributed by atoms with Crippen molar-refractivity contribution in [3.8, 4) is 0 Å². The highest BCUT2D eigenvalue weighted by Gasteiger charge is 2.34. The summed E-state index contributed by atoms with van der Waals surface area (Å²) in [5.74, 6) is 0.0296. The lowest BCUT2D eigenvalue weighted by Gasteiger charge is -2.33. The van der Waals surface area contributed by atoms with Gasteiger partial charge in [0.1, 0.15) is 0 Å². The average Bonchev–Trinajstić information content (AvgIpc) is 2.68. The molecule has 0 aromatic heterocycles. The zero-order chi connectivity index (χ0) is 14.9. The standard InChI is InChI=1S/C15H20N2O3S/c18-15-9-6-12-17(14-8-3-2-7-13(14)15)21(19,20)16-10-4-1-5-11-16/h2-3,7-8H,1,4-6,9-12H2. The van der Waals surface area contributed by atoms with Crippen molar-refractivity contribution in [2.75, 3.05) is 23.9 Å². The van der Waals surface area contributed by atoms with Crippen LogP contribution in [0.2, 0.25) is 0 Å². The van der Waals surface area contributed by atoms with Crippen molar-refractivity contribution in [2.24, 2.45) is 0 Å². The second-order valence-electron chi connectivity index (χ2n) is 5.58. The highest BCUT2D eigenvalue weighted by molar-refractivity contribution is 7.90. The molecule has 2 aliphatic rings. The third-order valence-corrected chi connectivity index (χ3v) is 6.11. The zero-order valence-corrected chi connectivity index (χ0v) is 12.8. The number of rotatable bonds is 2. The molecule has 1 aromatic carbocycles. The first-order chi connectivity index (χ1) is 10.1. The molecule has 0 aliphatic carbocycles. The number of para-hydroxylation sites is 1. The van der Waals surface area contributed by atoms with Gasteiger partial charge in [-0.2, -0.15) is 12.7 Å². The fourth-order valence-corrected chi connectivity index (χ4v) is 4.81. The predicted molar refractivity (Wildman–Crippen MR) is 81.7 cm³/mol. The molecule has 1 fully saturated rings. The van der Waals surface area contributed by atoms with Crippen LogP contribution >= 0.6 is 0 Å². The van der Waals surface area contributed by atoms with Gasteiger partial charge in [-0.3, -0.25) is 9.10 Å². The van der Waals surface area contributed by atoms with E-state index in [4.69, 9.17) is 0 Å². The van der Waals surface area contributed by atoms with Crippen molar-refractivity contribution in [2.45, 2.75) is 32.1 Å². The van der Waals surface area contributed by atoms with Crippen LogP contribution in [-0.2, 0) is 10.2 Å². The summed E-state index contributed by atoms with van der Waals surface area (Å²) in [7, 11) is -3.53. The summed E-state index contributed by atoms with van der Waals surface area (Å²) in [6.45, 7) is 1.53. The van der Waals surface area contributed by atoms with Gasteiger partial charge < -0.3 is 0 Å². The van der Waals surface area contributed by atoms with Crippen molar-refractivity contribution in [3.63, 3.8) is 0 Å². The molecule has 0 radical (unpaired) electrons. The molecule has 5 nitrogen and oxygen atoms in total. The van der Waals surface area contributed by atoms with Crippen LogP contribution in [0.1, 0.15) is 42.5 Å². The molecule has 0 saturated carbocycles. The van der Waals surface area contributed by atoms with Crippen LogP contribution < -0.4 is 4.31 Å². The van der Waals surface area contributed by atoms with E-state index in [9.17, 15) is 13.2 Å². The Balaban J connectivity index is 2.01. The van der Waals surface area contributed by atoms with Gasteiger partial charge in [-0.15, -0.1) is 0 Å². The number of carbonyl (C=O) groups is 1. The van der Waals surface area contributed by atoms with Gasteiger partial charge in [-0.25, -0.2) is 0 Å². The lowest BCUT2D eigenvalue weighted by Crippen LogP contribution is -2.46. The Morgan fingerprint density at radius 2 is 1.62 bits per heavy atom. The van der Waals surface area contributed by atoms with Crippen LogP contribution in [0, 0.1) is 0 Å². The molecule has 2 aliphatic heterocycles. The minimum atomic E-state index is -3.53. The van der Waals surface area contributed by atoms with Crippen molar-refractivity contribution in [3.05, 3.63) is 29.8 Å². The van der Waals surface area contributed by atoms with E-state index < -0.39 is 10.2 Å². The third-order valence-electron chi connectivity index (χ3n) is 4.16. The Morgan fingerprint density at radius 3 is 2.38 bits per heavy atom. The van der Waals surface area contributed by atoms with Gasteiger partial charge in [0.15, 0.2) is 5.78 Å². The number of fused-ring (bicyclic) bond motifs is 1. The lowest BCUT2D eigenvalue weighted by atomic mass is 10.1. The van der Waals surface area contributed by atoms with Gasteiger partial charge in [-0.1, -0.05) is 18.6 Å². The van der Waals surface area contributed by atoms with E-state index in [0.717, 1.165) is 19.3 Å². The molecule has 1 saturated heterocycles. The molecule has 0 atom stereocenters. The summed E-state index contributed by atoms with van der Waals surface area (Å²) in [5, 5.41) is 0. The van der Waals surface area contributed by atoms with Crippen molar-refractivity contribution < 1.29 is 13.2 Å². The van der Waals surface area contributed by atoms with Crippen LogP contribution in [0.25, 0.3) is 0 Å². The summed E-state index contributed by atoms with van der Waals surface area (Å²) in [6, 6.07) is 7.03. The van der Waals surface area contributed by atoms with E-state index >= 15 is 0 Å². The smallest absolute Gasteiger partial charge is 0.294 e. The third kappa shape index (κ3) is 2.70. The second-order valence-corrected chi connectivity index (χ2v) is 7.44.